The molecule has 1 amide bonds. The number of pyridine rings is 1. The summed E-state index contributed by atoms with van der Waals surface area (Å²) in [5.41, 5.74) is 5.55. The van der Waals surface area contributed by atoms with Crippen molar-refractivity contribution in [1.29, 1.82) is 0 Å². The van der Waals surface area contributed by atoms with Gasteiger partial charge in [-0.3, -0.25) is 4.79 Å². The summed E-state index contributed by atoms with van der Waals surface area (Å²) in [5, 5.41) is 3.15. The van der Waals surface area contributed by atoms with Crippen LogP contribution in [0.1, 0.15) is 16.8 Å². The molecule has 0 saturated carbocycles. The predicted octanol–water partition coefficient (Wildman–Crippen LogP) is 2.06. The molecule has 0 aliphatic carbocycles. The fourth-order valence-corrected chi connectivity index (χ4v) is 1.64. The molecule has 0 aliphatic heterocycles. The molecule has 0 bridgehead atoms. The lowest BCUT2D eigenvalue weighted by atomic mass is 10.3. The van der Waals surface area contributed by atoms with Crippen LogP contribution in [0.15, 0.2) is 48.7 Å². The minimum absolute atomic E-state index is 0.406. The van der Waals surface area contributed by atoms with Crippen LogP contribution in [0.5, 0.6) is 5.75 Å². The van der Waals surface area contributed by atoms with Crippen LogP contribution < -0.4 is 15.8 Å². The minimum atomic E-state index is -0.472. The van der Waals surface area contributed by atoms with E-state index in [1.54, 1.807) is 12.1 Å². The highest BCUT2D eigenvalue weighted by molar-refractivity contribution is 5.92. The van der Waals surface area contributed by atoms with E-state index >= 15 is 0 Å². The summed E-state index contributed by atoms with van der Waals surface area (Å²) < 4.78 is 5.57. The Morgan fingerprint density at radius 2 is 2.00 bits per heavy atom. The summed E-state index contributed by atoms with van der Waals surface area (Å²) in [5.74, 6) is 1.12. The second-order valence-electron chi connectivity index (χ2n) is 4.24. The van der Waals surface area contributed by atoms with Crippen molar-refractivity contribution in [3.05, 3.63) is 54.2 Å². The average Bonchev–Trinajstić information content (AvgIpc) is 2.48. The highest BCUT2D eigenvalue weighted by atomic mass is 16.5. The number of nitrogens with two attached hydrogens (primary N) is 1. The number of ether oxygens (including phenoxy) is 1. The van der Waals surface area contributed by atoms with Crippen LogP contribution in [0.4, 0.5) is 5.82 Å². The van der Waals surface area contributed by atoms with Crippen molar-refractivity contribution in [2.75, 3.05) is 18.5 Å². The zero-order valence-electron chi connectivity index (χ0n) is 11.1. The maximum atomic E-state index is 10.9. The first kappa shape index (κ1) is 13.9. The fraction of sp³-hybridized carbons (Fsp3) is 0.200. The van der Waals surface area contributed by atoms with Gasteiger partial charge in [0, 0.05) is 12.7 Å². The van der Waals surface area contributed by atoms with Gasteiger partial charge in [0.1, 0.15) is 11.6 Å². The Bertz CT molecular complexity index is 541. The Morgan fingerprint density at radius 3 is 2.65 bits per heavy atom. The molecule has 0 spiro atoms. The van der Waals surface area contributed by atoms with Crippen molar-refractivity contribution < 1.29 is 9.53 Å². The summed E-state index contributed by atoms with van der Waals surface area (Å²) in [6.45, 7) is 1.38. The molecule has 104 valence electrons. The molecule has 0 atom stereocenters. The lowest BCUT2D eigenvalue weighted by Crippen LogP contribution is -2.12. The molecule has 0 unspecified atom stereocenters. The van der Waals surface area contributed by atoms with Crippen LogP contribution in [0, 0.1) is 0 Å². The van der Waals surface area contributed by atoms with Gasteiger partial charge in [-0.2, -0.15) is 0 Å². The number of rotatable bonds is 7. The number of primary amides is 1. The summed E-state index contributed by atoms with van der Waals surface area (Å²) >= 11 is 0. The zero-order chi connectivity index (χ0) is 14.2. The van der Waals surface area contributed by atoms with E-state index in [1.165, 1.54) is 6.20 Å². The smallest absolute Gasteiger partial charge is 0.250 e. The fourth-order valence-electron chi connectivity index (χ4n) is 1.64. The molecular weight excluding hydrogens is 254 g/mol. The maximum absolute atomic E-state index is 10.9. The quantitative estimate of drug-likeness (QED) is 0.756. The topological polar surface area (TPSA) is 77.2 Å². The van der Waals surface area contributed by atoms with Crippen LogP contribution in [0.2, 0.25) is 0 Å². The Kier molecular flexibility index (Phi) is 4.94. The summed E-state index contributed by atoms with van der Waals surface area (Å²) in [6.07, 6.45) is 2.32. The highest BCUT2D eigenvalue weighted by Gasteiger charge is 2.00. The lowest BCUT2D eigenvalue weighted by molar-refractivity contribution is 0.1000. The highest BCUT2D eigenvalue weighted by Crippen LogP contribution is 2.08. The number of anilines is 1. The molecule has 5 nitrogen and oxygen atoms in total. The van der Waals surface area contributed by atoms with Crippen LogP contribution in [0.3, 0.4) is 0 Å². The van der Waals surface area contributed by atoms with Crippen LogP contribution in [-0.2, 0) is 0 Å². The molecule has 0 aliphatic rings. The summed E-state index contributed by atoms with van der Waals surface area (Å²) in [7, 11) is 0. The van der Waals surface area contributed by atoms with Crippen LogP contribution in [0.25, 0.3) is 0 Å². The van der Waals surface area contributed by atoms with Gasteiger partial charge < -0.3 is 15.8 Å². The number of carbonyl (C=O) groups excluding carboxylic acids is 1. The zero-order valence-corrected chi connectivity index (χ0v) is 11.1. The number of amides is 1. The van der Waals surface area contributed by atoms with E-state index in [9.17, 15) is 4.79 Å². The van der Waals surface area contributed by atoms with E-state index in [0.717, 1.165) is 24.5 Å². The van der Waals surface area contributed by atoms with E-state index in [1.807, 2.05) is 30.3 Å². The first-order chi connectivity index (χ1) is 9.75. The minimum Gasteiger partial charge on any atom is -0.494 e. The first-order valence-electron chi connectivity index (χ1n) is 6.43. The third kappa shape index (κ3) is 4.28. The largest absolute Gasteiger partial charge is 0.494 e. The average molecular weight is 271 g/mol. The normalized spacial score (nSPS) is 10.0. The molecule has 0 radical (unpaired) electrons. The molecule has 3 N–H and O–H groups in total. The Hall–Kier alpha value is -2.56. The van der Waals surface area contributed by atoms with E-state index in [2.05, 4.69) is 10.3 Å². The van der Waals surface area contributed by atoms with Gasteiger partial charge in [-0.15, -0.1) is 0 Å². The molecule has 0 saturated heterocycles. The monoisotopic (exact) mass is 271 g/mol. The lowest BCUT2D eigenvalue weighted by Gasteiger charge is -2.07. The Morgan fingerprint density at radius 1 is 1.20 bits per heavy atom. The number of hydrogen-bond acceptors (Lipinski definition) is 4. The number of hydrogen-bond donors (Lipinski definition) is 2. The van der Waals surface area contributed by atoms with Gasteiger partial charge in [0.25, 0.3) is 0 Å². The molecule has 1 heterocycles. The van der Waals surface area contributed by atoms with Gasteiger partial charge in [-0.25, -0.2) is 4.98 Å². The van der Waals surface area contributed by atoms with Gasteiger partial charge in [0.15, 0.2) is 0 Å². The molecule has 2 aromatic rings. The van der Waals surface area contributed by atoms with E-state index in [-0.39, 0.29) is 0 Å². The van der Waals surface area contributed by atoms with Crippen LogP contribution in [-0.4, -0.2) is 24.0 Å². The number of benzene rings is 1. The van der Waals surface area contributed by atoms with E-state index in [4.69, 9.17) is 10.5 Å². The Balaban J connectivity index is 1.67. The van der Waals surface area contributed by atoms with Crippen LogP contribution >= 0.6 is 0 Å². The van der Waals surface area contributed by atoms with Gasteiger partial charge >= 0.3 is 0 Å². The predicted molar refractivity (Wildman–Crippen MR) is 77.8 cm³/mol. The molecule has 2 rings (SSSR count). The van der Waals surface area contributed by atoms with E-state index in [0.29, 0.717) is 12.2 Å². The maximum Gasteiger partial charge on any atom is 0.250 e. The van der Waals surface area contributed by atoms with Crippen molar-refractivity contribution in [1.82, 2.24) is 4.98 Å². The van der Waals surface area contributed by atoms with Crippen molar-refractivity contribution in [3.8, 4) is 5.75 Å². The van der Waals surface area contributed by atoms with Crippen molar-refractivity contribution in [2.45, 2.75) is 6.42 Å². The number of carbonyl (C=O) groups is 1. The summed E-state index contributed by atoms with van der Waals surface area (Å²) in [4.78, 5) is 15.0. The van der Waals surface area contributed by atoms with Crippen molar-refractivity contribution in [3.63, 3.8) is 0 Å². The Labute approximate surface area is 117 Å². The molecule has 20 heavy (non-hydrogen) atoms. The van der Waals surface area contributed by atoms with Crippen molar-refractivity contribution >= 4 is 11.7 Å². The van der Waals surface area contributed by atoms with Crippen molar-refractivity contribution in [2.24, 2.45) is 5.73 Å². The second-order valence-corrected chi connectivity index (χ2v) is 4.24. The number of nitrogens with zero attached hydrogens (tertiary/aromatic N) is 1. The first-order valence-corrected chi connectivity index (χ1v) is 6.43. The number of para-hydroxylation sites is 1. The molecular formula is C15H17N3O2. The molecule has 1 aromatic carbocycles. The molecule has 0 fully saturated rings. The molecule has 1 aromatic heterocycles. The third-order valence-corrected chi connectivity index (χ3v) is 2.69. The molecule has 5 heteroatoms. The van der Waals surface area contributed by atoms with E-state index < -0.39 is 5.91 Å². The van der Waals surface area contributed by atoms with Gasteiger partial charge in [-0.1, -0.05) is 18.2 Å². The number of aromatic nitrogens is 1. The van der Waals surface area contributed by atoms with Gasteiger partial charge in [0.2, 0.25) is 5.91 Å². The SMILES string of the molecule is NC(=O)c1ccc(NCCCOc2ccccc2)nc1. The summed E-state index contributed by atoms with van der Waals surface area (Å²) in [6, 6.07) is 13.1. The third-order valence-electron chi connectivity index (χ3n) is 2.69. The number of nitrogens with one attached hydrogen (secondary N) is 1. The van der Waals surface area contributed by atoms with Gasteiger partial charge in [-0.05, 0) is 30.7 Å². The second kappa shape index (κ2) is 7.13. The van der Waals surface area contributed by atoms with Gasteiger partial charge in [0.05, 0.1) is 12.2 Å². The standard InChI is InChI=1S/C15H17N3O2/c16-15(19)12-7-8-14(18-11-12)17-9-4-10-20-13-5-2-1-3-6-13/h1-3,5-8,11H,4,9-10H2,(H2,16,19)(H,17,18).